The van der Waals surface area contributed by atoms with Crippen LogP contribution in [0.4, 0.5) is 0 Å². The number of hydrogen-bond donors (Lipinski definition) is 2. The van der Waals surface area contributed by atoms with E-state index >= 15 is 0 Å². The molecule has 5 heteroatoms. The third-order valence-electron chi connectivity index (χ3n) is 2.28. The minimum absolute atomic E-state index is 0.515. The van der Waals surface area contributed by atoms with Gasteiger partial charge in [-0.05, 0) is 24.7 Å². The number of rotatable bonds is 5. The third-order valence-corrected chi connectivity index (χ3v) is 2.28. The van der Waals surface area contributed by atoms with Crippen LogP contribution < -0.4 is 14.8 Å². The predicted octanol–water partition coefficient (Wildman–Crippen LogP) is 1.05. The molecule has 0 spiro atoms. The van der Waals surface area contributed by atoms with E-state index in [0.717, 1.165) is 0 Å². The molecular weight excluding hydrogens is 210 g/mol. The van der Waals surface area contributed by atoms with Crippen LogP contribution >= 0.6 is 0 Å². The van der Waals surface area contributed by atoms with Crippen LogP contribution in [0.3, 0.4) is 0 Å². The average molecular weight is 225 g/mol. The van der Waals surface area contributed by atoms with E-state index in [4.69, 9.17) is 14.6 Å². The number of carboxylic acid groups (broad SMARTS) is 1. The molecule has 0 saturated heterocycles. The second-order valence-corrected chi connectivity index (χ2v) is 3.17. The lowest BCUT2D eigenvalue weighted by Crippen LogP contribution is -2.24. The number of methoxy groups -OCH3 is 2. The molecule has 0 aliphatic rings. The van der Waals surface area contributed by atoms with Crippen molar-refractivity contribution in [2.24, 2.45) is 0 Å². The van der Waals surface area contributed by atoms with Crippen molar-refractivity contribution in [3.8, 4) is 11.5 Å². The SMILES string of the molecule is CNC(C(=O)O)c1ccc(OC)c(OC)c1. The summed E-state index contributed by atoms with van der Waals surface area (Å²) in [5.41, 5.74) is 0.618. The second-order valence-electron chi connectivity index (χ2n) is 3.17. The molecule has 2 N–H and O–H groups in total. The summed E-state index contributed by atoms with van der Waals surface area (Å²) in [4.78, 5) is 11.0. The van der Waals surface area contributed by atoms with Gasteiger partial charge in [0.2, 0.25) is 0 Å². The molecule has 0 radical (unpaired) electrons. The molecule has 1 atom stereocenters. The predicted molar refractivity (Wildman–Crippen MR) is 59.0 cm³/mol. The van der Waals surface area contributed by atoms with Gasteiger partial charge in [0.05, 0.1) is 14.2 Å². The largest absolute Gasteiger partial charge is 0.493 e. The number of carbonyl (C=O) groups is 1. The second kappa shape index (κ2) is 5.37. The van der Waals surface area contributed by atoms with Crippen LogP contribution in [0.2, 0.25) is 0 Å². The van der Waals surface area contributed by atoms with Crippen molar-refractivity contribution in [3.63, 3.8) is 0 Å². The Morgan fingerprint density at radius 1 is 1.31 bits per heavy atom. The summed E-state index contributed by atoms with van der Waals surface area (Å²) in [6.45, 7) is 0. The Labute approximate surface area is 94.0 Å². The molecular formula is C11H15NO4. The normalized spacial score (nSPS) is 11.9. The highest BCUT2D eigenvalue weighted by atomic mass is 16.5. The number of hydrogen-bond acceptors (Lipinski definition) is 4. The highest BCUT2D eigenvalue weighted by Crippen LogP contribution is 2.29. The monoisotopic (exact) mass is 225 g/mol. The lowest BCUT2D eigenvalue weighted by molar-refractivity contribution is -0.139. The van der Waals surface area contributed by atoms with E-state index in [1.165, 1.54) is 14.2 Å². The first kappa shape index (κ1) is 12.3. The summed E-state index contributed by atoms with van der Waals surface area (Å²) < 4.78 is 10.2. The molecule has 0 aliphatic heterocycles. The minimum Gasteiger partial charge on any atom is -0.493 e. The van der Waals surface area contributed by atoms with Crippen molar-refractivity contribution in [3.05, 3.63) is 23.8 Å². The fourth-order valence-electron chi connectivity index (χ4n) is 1.47. The number of nitrogens with one attached hydrogen (secondary N) is 1. The molecule has 0 fully saturated rings. The number of benzene rings is 1. The molecule has 1 rings (SSSR count). The van der Waals surface area contributed by atoms with E-state index in [2.05, 4.69) is 5.32 Å². The molecule has 0 aromatic heterocycles. The fourth-order valence-corrected chi connectivity index (χ4v) is 1.47. The van der Waals surface area contributed by atoms with Gasteiger partial charge in [-0.1, -0.05) is 6.07 Å². The van der Waals surface area contributed by atoms with Crippen molar-refractivity contribution in [1.29, 1.82) is 0 Å². The van der Waals surface area contributed by atoms with Crippen molar-refractivity contribution >= 4 is 5.97 Å². The number of aliphatic carboxylic acids is 1. The van der Waals surface area contributed by atoms with E-state index in [-0.39, 0.29) is 0 Å². The summed E-state index contributed by atoms with van der Waals surface area (Å²) in [6.07, 6.45) is 0. The minimum atomic E-state index is -0.935. The zero-order chi connectivity index (χ0) is 12.1. The van der Waals surface area contributed by atoms with Gasteiger partial charge in [-0.15, -0.1) is 0 Å². The van der Waals surface area contributed by atoms with Crippen LogP contribution in [0, 0.1) is 0 Å². The maximum absolute atomic E-state index is 11.0. The van der Waals surface area contributed by atoms with Crippen LogP contribution in [0.1, 0.15) is 11.6 Å². The van der Waals surface area contributed by atoms with Gasteiger partial charge in [0.25, 0.3) is 0 Å². The van der Waals surface area contributed by atoms with E-state index in [1.807, 2.05) is 0 Å². The molecule has 1 unspecified atom stereocenters. The van der Waals surface area contributed by atoms with Crippen LogP contribution in [-0.2, 0) is 4.79 Å². The Morgan fingerprint density at radius 3 is 2.38 bits per heavy atom. The molecule has 0 bridgehead atoms. The Morgan fingerprint density at radius 2 is 1.94 bits per heavy atom. The lowest BCUT2D eigenvalue weighted by Gasteiger charge is -2.14. The van der Waals surface area contributed by atoms with Gasteiger partial charge in [-0.25, -0.2) is 0 Å². The van der Waals surface area contributed by atoms with Gasteiger partial charge in [0.1, 0.15) is 6.04 Å². The maximum atomic E-state index is 11.0. The zero-order valence-electron chi connectivity index (χ0n) is 9.48. The van der Waals surface area contributed by atoms with Crippen molar-refractivity contribution < 1.29 is 19.4 Å². The maximum Gasteiger partial charge on any atom is 0.325 e. The van der Waals surface area contributed by atoms with E-state index in [9.17, 15) is 4.79 Å². The molecule has 0 heterocycles. The number of likely N-dealkylation sites (N-methyl/N-ethyl adjacent to an activating group) is 1. The average Bonchev–Trinajstić information content (AvgIpc) is 2.29. The first-order valence-electron chi connectivity index (χ1n) is 4.76. The molecule has 88 valence electrons. The zero-order valence-corrected chi connectivity index (χ0v) is 9.48. The van der Waals surface area contributed by atoms with Crippen molar-refractivity contribution in [2.45, 2.75) is 6.04 Å². The summed E-state index contributed by atoms with van der Waals surface area (Å²) in [7, 11) is 4.64. The summed E-state index contributed by atoms with van der Waals surface area (Å²) in [5.74, 6) is 0.155. The van der Waals surface area contributed by atoms with E-state index in [1.54, 1.807) is 25.2 Å². The van der Waals surface area contributed by atoms with Gasteiger partial charge in [0.15, 0.2) is 11.5 Å². The van der Waals surface area contributed by atoms with E-state index in [0.29, 0.717) is 17.1 Å². The van der Waals surface area contributed by atoms with Crippen molar-refractivity contribution in [2.75, 3.05) is 21.3 Å². The summed E-state index contributed by atoms with van der Waals surface area (Å²) in [6, 6.07) is 4.27. The molecule has 5 nitrogen and oxygen atoms in total. The molecule has 0 amide bonds. The van der Waals surface area contributed by atoms with Gasteiger partial charge in [0, 0.05) is 0 Å². The quantitative estimate of drug-likeness (QED) is 0.784. The molecule has 16 heavy (non-hydrogen) atoms. The van der Waals surface area contributed by atoms with Gasteiger partial charge in [-0.3, -0.25) is 4.79 Å². The number of carboxylic acids is 1. The van der Waals surface area contributed by atoms with Crippen LogP contribution in [0.5, 0.6) is 11.5 Å². The van der Waals surface area contributed by atoms with Crippen molar-refractivity contribution in [1.82, 2.24) is 5.32 Å². The Bertz CT molecular complexity index is 378. The summed E-state index contributed by atoms with van der Waals surface area (Å²) in [5, 5.41) is 11.7. The van der Waals surface area contributed by atoms with Gasteiger partial charge >= 0.3 is 5.97 Å². The molecule has 0 saturated carbocycles. The van der Waals surface area contributed by atoms with E-state index < -0.39 is 12.0 Å². The third kappa shape index (κ3) is 2.43. The number of ether oxygens (including phenoxy) is 2. The van der Waals surface area contributed by atoms with Gasteiger partial charge < -0.3 is 19.9 Å². The topological polar surface area (TPSA) is 67.8 Å². The van der Waals surface area contributed by atoms with Gasteiger partial charge in [-0.2, -0.15) is 0 Å². The summed E-state index contributed by atoms with van der Waals surface area (Å²) >= 11 is 0. The molecule has 1 aromatic rings. The standard InChI is InChI=1S/C11H15NO4/c1-12-10(11(13)14)7-4-5-8(15-2)9(6-7)16-3/h4-6,10,12H,1-3H3,(H,13,14). The first-order chi connectivity index (χ1) is 7.63. The fraction of sp³-hybridized carbons (Fsp3) is 0.364. The highest BCUT2D eigenvalue weighted by Gasteiger charge is 2.18. The lowest BCUT2D eigenvalue weighted by atomic mass is 10.1. The van der Waals surface area contributed by atoms with Crippen LogP contribution in [-0.4, -0.2) is 32.3 Å². The van der Waals surface area contributed by atoms with Crippen LogP contribution in [0.15, 0.2) is 18.2 Å². The Balaban J connectivity index is 3.11. The molecule has 0 aliphatic carbocycles. The first-order valence-corrected chi connectivity index (χ1v) is 4.76. The molecule has 1 aromatic carbocycles. The Hall–Kier alpha value is -1.75. The highest BCUT2D eigenvalue weighted by molar-refractivity contribution is 5.75. The Kier molecular flexibility index (Phi) is 4.13. The van der Waals surface area contributed by atoms with Crippen LogP contribution in [0.25, 0.3) is 0 Å². The smallest absolute Gasteiger partial charge is 0.325 e.